The second-order valence-electron chi connectivity index (χ2n) is 8.59. The molecule has 8 nitrogen and oxygen atoms in total. The van der Waals surface area contributed by atoms with Crippen LogP contribution in [0.4, 0.5) is 0 Å². The number of carbonyl (C=O) groups excluding carboxylic acids is 4. The molecule has 0 amide bonds. The summed E-state index contributed by atoms with van der Waals surface area (Å²) in [5, 5.41) is 0. The molecule has 40 heavy (non-hydrogen) atoms. The van der Waals surface area contributed by atoms with E-state index in [4.69, 9.17) is 18.9 Å². The van der Waals surface area contributed by atoms with Gasteiger partial charge in [-0.3, -0.25) is 0 Å². The van der Waals surface area contributed by atoms with E-state index >= 15 is 0 Å². The molecule has 3 rings (SSSR count). The summed E-state index contributed by atoms with van der Waals surface area (Å²) < 4.78 is 20.7. The van der Waals surface area contributed by atoms with Gasteiger partial charge in [-0.25, -0.2) is 19.2 Å². The maximum Gasteiger partial charge on any atom is 0.343 e. The Morgan fingerprint density at radius 1 is 0.550 bits per heavy atom. The lowest BCUT2D eigenvalue weighted by molar-refractivity contribution is -0.138. The normalized spacial score (nSPS) is 10.2. The quantitative estimate of drug-likeness (QED) is 0.115. The van der Waals surface area contributed by atoms with Crippen molar-refractivity contribution in [3.63, 3.8) is 0 Å². The second-order valence-corrected chi connectivity index (χ2v) is 8.59. The Labute approximate surface area is 232 Å². The van der Waals surface area contributed by atoms with Crippen molar-refractivity contribution in [2.75, 3.05) is 13.2 Å². The fraction of sp³-hybridized carbons (Fsp3) is 0.188. The molecule has 0 aromatic heterocycles. The maximum atomic E-state index is 12.5. The largest absolute Gasteiger partial charge is 0.463 e. The molecule has 0 saturated heterocycles. The first kappa shape index (κ1) is 29.6. The third-order valence-electron chi connectivity index (χ3n) is 5.67. The number of esters is 4. The number of hydrogen-bond donors (Lipinski definition) is 0. The average Bonchev–Trinajstić information content (AvgIpc) is 2.98. The van der Waals surface area contributed by atoms with Crippen molar-refractivity contribution in [2.24, 2.45) is 0 Å². The predicted octanol–water partition coefficient (Wildman–Crippen LogP) is 5.45. The lowest BCUT2D eigenvalue weighted by Gasteiger charge is -2.08. The van der Waals surface area contributed by atoms with Crippen LogP contribution in [0.25, 0.3) is 0 Å². The van der Waals surface area contributed by atoms with Crippen LogP contribution >= 0.6 is 0 Å². The van der Waals surface area contributed by atoms with Gasteiger partial charge in [0.2, 0.25) is 0 Å². The molecule has 0 fully saturated rings. The molecule has 0 spiro atoms. The zero-order valence-electron chi connectivity index (χ0n) is 22.0. The van der Waals surface area contributed by atoms with Gasteiger partial charge in [-0.05, 0) is 85.3 Å². The summed E-state index contributed by atoms with van der Waals surface area (Å²) >= 11 is 0. The summed E-state index contributed by atoms with van der Waals surface area (Å²) in [5.74, 6) is -1.32. The van der Waals surface area contributed by atoms with Crippen LogP contribution in [-0.2, 0) is 31.9 Å². The minimum absolute atomic E-state index is 0.296. The molecule has 0 N–H and O–H groups in total. The molecule has 206 valence electrons. The van der Waals surface area contributed by atoms with Crippen LogP contribution in [0.5, 0.6) is 11.5 Å². The Morgan fingerprint density at radius 2 is 0.900 bits per heavy atom. The molecule has 0 unspecified atom stereocenters. The highest BCUT2D eigenvalue weighted by molar-refractivity contribution is 5.92. The first-order chi connectivity index (χ1) is 19.4. The SMILES string of the molecule is C=CC(=O)OCCCc1ccc(C(=O)Oc2ccc(OC(=O)c3ccc(CCCOC(=O)C=C)cc3)cc2)cc1. The number of rotatable bonds is 14. The van der Waals surface area contributed by atoms with Crippen molar-refractivity contribution >= 4 is 23.9 Å². The van der Waals surface area contributed by atoms with E-state index in [2.05, 4.69) is 13.2 Å². The Balaban J connectivity index is 1.44. The van der Waals surface area contributed by atoms with Crippen molar-refractivity contribution < 1.29 is 38.1 Å². The molecule has 0 bridgehead atoms. The number of ether oxygens (including phenoxy) is 4. The van der Waals surface area contributed by atoms with Crippen LogP contribution in [0.1, 0.15) is 44.7 Å². The van der Waals surface area contributed by atoms with Crippen molar-refractivity contribution in [3.05, 3.63) is 120 Å². The van der Waals surface area contributed by atoms with E-state index < -0.39 is 23.9 Å². The van der Waals surface area contributed by atoms with Gasteiger partial charge in [0.1, 0.15) is 11.5 Å². The second kappa shape index (κ2) is 15.4. The van der Waals surface area contributed by atoms with Gasteiger partial charge in [-0.15, -0.1) is 0 Å². The van der Waals surface area contributed by atoms with E-state index in [0.717, 1.165) is 23.3 Å². The fourth-order valence-corrected chi connectivity index (χ4v) is 3.54. The topological polar surface area (TPSA) is 105 Å². The Morgan fingerprint density at radius 3 is 1.23 bits per heavy atom. The van der Waals surface area contributed by atoms with E-state index in [1.165, 1.54) is 0 Å². The monoisotopic (exact) mass is 542 g/mol. The summed E-state index contributed by atoms with van der Waals surface area (Å²) in [6.45, 7) is 7.29. The van der Waals surface area contributed by atoms with Gasteiger partial charge in [0.15, 0.2) is 0 Å². The van der Waals surface area contributed by atoms with Crippen molar-refractivity contribution in [2.45, 2.75) is 25.7 Å². The van der Waals surface area contributed by atoms with Gasteiger partial charge in [0.05, 0.1) is 24.3 Å². The van der Waals surface area contributed by atoms with Crippen LogP contribution in [0.15, 0.2) is 98.1 Å². The van der Waals surface area contributed by atoms with E-state index in [1.54, 1.807) is 48.5 Å². The highest BCUT2D eigenvalue weighted by atomic mass is 16.5. The molecule has 0 heterocycles. The zero-order valence-corrected chi connectivity index (χ0v) is 22.0. The summed E-state index contributed by atoms with van der Waals surface area (Å²) in [6, 6.07) is 20.2. The van der Waals surface area contributed by atoms with Gasteiger partial charge < -0.3 is 18.9 Å². The van der Waals surface area contributed by atoms with Crippen LogP contribution in [-0.4, -0.2) is 37.1 Å². The molecule has 0 atom stereocenters. The van der Waals surface area contributed by atoms with Crippen LogP contribution in [0.3, 0.4) is 0 Å². The van der Waals surface area contributed by atoms with Gasteiger partial charge >= 0.3 is 23.9 Å². The molecule has 0 aliphatic rings. The first-order valence-corrected chi connectivity index (χ1v) is 12.7. The summed E-state index contributed by atoms with van der Waals surface area (Å²) in [5.41, 5.74) is 2.77. The number of benzene rings is 3. The first-order valence-electron chi connectivity index (χ1n) is 12.7. The third kappa shape index (κ3) is 9.72. The number of aryl methyl sites for hydroxylation is 2. The predicted molar refractivity (Wildman–Crippen MR) is 148 cm³/mol. The van der Waals surface area contributed by atoms with E-state index in [1.807, 2.05) is 24.3 Å². The summed E-state index contributed by atoms with van der Waals surface area (Å²) in [4.78, 5) is 47.1. The van der Waals surface area contributed by atoms with Gasteiger partial charge in [-0.1, -0.05) is 37.4 Å². The Bertz CT molecular complexity index is 1220. The van der Waals surface area contributed by atoms with Crippen molar-refractivity contribution in [1.29, 1.82) is 0 Å². The molecular weight excluding hydrogens is 512 g/mol. The lowest BCUT2D eigenvalue weighted by atomic mass is 10.1. The van der Waals surface area contributed by atoms with Crippen LogP contribution in [0, 0.1) is 0 Å². The number of hydrogen-bond acceptors (Lipinski definition) is 8. The zero-order chi connectivity index (χ0) is 28.7. The molecule has 0 radical (unpaired) electrons. The Hall–Kier alpha value is -4.98. The minimum Gasteiger partial charge on any atom is -0.463 e. The summed E-state index contributed by atoms with van der Waals surface area (Å²) in [7, 11) is 0. The molecule has 3 aromatic rings. The van der Waals surface area contributed by atoms with Gasteiger partial charge in [0.25, 0.3) is 0 Å². The maximum absolute atomic E-state index is 12.5. The fourth-order valence-electron chi connectivity index (χ4n) is 3.54. The van der Waals surface area contributed by atoms with Crippen LogP contribution in [0.2, 0.25) is 0 Å². The van der Waals surface area contributed by atoms with Gasteiger partial charge in [0, 0.05) is 12.2 Å². The van der Waals surface area contributed by atoms with Crippen LogP contribution < -0.4 is 9.47 Å². The molecule has 0 saturated carbocycles. The highest BCUT2D eigenvalue weighted by Gasteiger charge is 2.11. The van der Waals surface area contributed by atoms with E-state index in [9.17, 15) is 19.2 Å². The molecule has 8 heteroatoms. The van der Waals surface area contributed by atoms with Crippen molar-refractivity contribution in [3.8, 4) is 11.5 Å². The number of carbonyl (C=O) groups is 4. The molecular formula is C32H30O8. The van der Waals surface area contributed by atoms with E-state index in [-0.39, 0.29) is 0 Å². The van der Waals surface area contributed by atoms with Crippen molar-refractivity contribution in [1.82, 2.24) is 0 Å². The lowest BCUT2D eigenvalue weighted by Crippen LogP contribution is -2.10. The molecule has 0 aliphatic carbocycles. The van der Waals surface area contributed by atoms with Gasteiger partial charge in [-0.2, -0.15) is 0 Å². The summed E-state index contributed by atoms with van der Waals surface area (Å²) in [6.07, 6.45) is 4.95. The molecule has 0 aliphatic heterocycles. The smallest absolute Gasteiger partial charge is 0.343 e. The highest BCUT2D eigenvalue weighted by Crippen LogP contribution is 2.20. The Kier molecular flexibility index (Phi) is 11.4. The molecule has 3 aromatic carbocycles. The standard InChI is InChI=1S/C32H30O8/c1-3-29(33)37-21-5-7-23-9-13-25(14-10-23)31(35)39-27-17-19-28(20-18-27)40-32(36)26-15-11-24(12-16-26)8-6-22-38-30(34)4-2/h3-4,9-20H,1-2,5-8,21-22H2. The third-order valence-corrected chi connectivity index (χ3v) is 5.67. The van der Waals surface area contributed by atoms with E-state index in [0.29, 0.717) is 61.5 Å². The minimum atomic E-state index is -0.518. The average molecular weight is 543 g/mol.